The first-order valence-corrected chi connectivity index (χ1v) is 10.2. The number of aromatic nitrogens is 1. The summed E-state index contributed by atoms with van der Waals surface area (Å²) < 4.78 is 11.2. The molecule has 2 aromatic rings. The Bertz CT molecular complexity index is 1070. The number of allylic oxidation sites excluding steroid dienone is 1. The lowest BCUT2D eigenvalue weighted by molar-refractivity contribution is -0.128. The van der Waals surface area contributed by atoms with Crippen LogP contribution in [0.25, 0.3) is 11.6 Å². The van der Waals surface area contributed by atoms with Crippen LogP contribution in [0.3, 0.4) is 0 Å². The number of carbonyl (C=O) groups excluding carboxylic acids is 2. The van der Waals surface area contributed by atoms with E-state index in [1.165, 1.54) is 0 Å². The molecule has 31 heavy (non-hydrogen) atoms. The van der Waals surface area contributed by atoms with E-state index in [0.717, 1.165) is 5.56 Å². The number of hydrogen-bond acceptors (Lipinski definition) is 8. The van der Waals surface area contributed by atoms with Crippen molar-refractivity contribution >= 4 is 41.4 Å². The maximum Gasteiger partial charge on any atom is 0.347 e. The van der Waals surface area contributed by atoms with Gasteiger partial charge in [0, 0.05) is 56.7 Å². The summed E-state index contributed by atoms with van der Waals surface area (Å²) in [7, 11) is 0. The number of carbonyl (C=O) groups is 2. The second kappa shape index (κ2) is 8.63. The predicted octanol–water partition coefficient (Wildman–Crippen LogP) is 2.87. The molecule has 0 aromatic carbocycles. The Labute approximate surface area is 179 Å². The van der Waals surface area contributed by atoms with E-state index in [1.807, 2.05) is 11.0 Å². The minimum Gasteiger partial charge on any atom is -0.504 e. The number of anilines is 1. The lowest BCUT2D eigenvalue weighted by atomic mass is 10.1. The van der Waals surface area contributed by atoms with Crippen LogP contribution in [0.15, 0.2) is 27.7 Å². The van der Waals surface area contributed by atoms with Gasteiger partial charge in [0.15, 0.2) is 22.9 Å². The van der Waals surface area contributed by atoms with Gasteiger partial charge < -0.3 is 24.1 Å². The molecule has 0 radical (unpaired) electrons. The van der Waals surface area contributed by atoms with E-state index in [-0.39, 0.29) is 35.5 Å². The van der Waals surface area contributed by atoms with Crippen LogP contribution in [0, 0.1) is 0 Å². The van der Waals surface area contributed by atoms with Gasteiger partial charge in [0.25, 0.3) is 0 Å². The quantitative estimate of drug-likeness (QED) is 0.752. The van der Waals surface area contributed by atoms with Gasteiger partial charge in [-0.3, -0.25) is 4.79 Å². The van der Waals surface area contributed by atoms with Crippen molar-refractivity contribution in [2.24, 2.45) is 4.99 Å². The van der Waals surface area contributed by atoms with Gasteiger partial charge in [-0.25, -0.2) is 14.8 Å². The van der Waals surface area contributed by atoms with E-state index in [1.54, 1.807) is 43.3 Å². The number of aromatic hydroxyl groups is 1. The summed E-state index contributed by atoms with van der Waals surface area (Å²) in [5, 5.41) is 10.9. The number of hydrogen-bond donors (Lipinski definition) is 1. The molecular weight excluding hydrogens is 400 g/mol. The molecule has 4 rings (SSSR count). The highest BCUT2D eigenvalue weighted by Gasteiger charge is 2.31. The molecule has 1 N–H and O–H groups in total. The molecular formula is C22H24N4O5. The Kier molecular flexibility index (Phi) is 5.75. The maximum absolute atomic E-state index is 12.6. The lowest BCUT2D eigenvalue weighted by Gasteiger charge is -2.21. The number of fused-ring (bicyclic) bond motifs is 1. The van der Waals surface area contributed by atoms with Crippen molar-refractivity contribution in [3.8, 4) is 5.75 Å². The average Bonchev–Trinajstić information content (AvgIpc) is 3.19. The van der Waals surface area contributed by atoms with E-state index in [9.17, 15) is 14.7 Å². The average molecular weight is 424 g/mol. The van der Waals surface area contributed by atoms with Gasteiger partial charge in [-0.1, -0.05) is 0 Å². The Balaban J connectivity index is 1.72. The third kappa shape index (κ3) is 4.03. The van der Waals surface area contributed by atoms with Crippen molar-refractivity contribution in [2.45, 2.75) is 20.3 Å². The van der Waals surface area contributed by atoms with Crippen molar-refractivity contribution in [3.63, 3.8) is 0 Å². The number of furan rings is 1. The minimum atomic E-state index is -0.654. The molecule has 0 atom stereocenters. The fourth-order valence-corrected chi connectivity index (χ4v) is 3.75. The highest BCUT2D eigenvalue weighted by molar-refractivity contribution is 6.21. The molecule has 4 heterocycles. The number of ether oxygens (including phenoxy) is 1. The Hall–Kier alpha value is -3.62. The van der Waals surface area contributed by atoms with Gasteiger partial charge >= 0.3 is 5.97 Å². The number of nitrogens with zero attached hydrogens (tertiary/aromatic N) is 4. The van der Waals surface area contributed by atoms with Crippen LogP contribution >= 0.6 is 0 Å². The Morgan fingerprint density at radius 3 is 2.90 bits per heavy atom. The van der Waals surface area contributed by atoms with E-state index in [4.69, 9.17) is 9.15 Å². The number of pyridine rings is 1. The normalized spacial score (nSPS) is 17.0. The summed E-state index contributed by atoms with van der Waals surface area (Å²) in [6.45, 7) is 5.59. The van der Waals surface area contributed by atoms with Crippen LogP contribution in [0.1, 0.15) is 41.9 Å². The van der Waals surface area contributed by atoms with Gasteiger partial charge in [0.2, 0.25) is 11.8 Å². The summed E-state index contributed by atoms with van der Waals surface area (Å²) in [6, 6.07) is 3.68. The van der Waals surface area contributed by atoms with Crippen molar-refractivity contribution in [3.05, 3.63) is 35.2 Å². The highest BCUT2D eigenvalue weighted by atomic mass is 16.5. The van der Waals surface area contributed by atoms with Crippen LogP contribution in [-0.4, -0.2) is 65.9 Å². The van der Waals surface area contributed by atoms with Gasteiger partial charge in [-0.15, -0.1) is 0 Å². The molecule has 0 spiro atoms. The van der Waals surface area contributed by atoms with E-state index < -0.39 is 5.97 Å². The second-order valence-corrected chi connectivity index (χ2v) is 7.29. The van der Waals surface area contributed by atoms with Crippen LogP contribution in [-0.2, 0) is 9.53 Å². The Morgan fingerprint density at radius 1 is 1.29 bits per heavy atom. The molecule has 0 saturated carbocycles. The first-order valence-electron chi connectivity index (χ1n) is 10.2. The van der Waals surface area contributed by atoms with Crippen LogP contribution in [0.5, 0.6) is 5.75 Å². The third-order valence-electron chi connectivity index (χ3n) is 5.31. The maximum atomic E-state index is 12.6. The molecule has 2 aliphatic rings. The minimum absolute atomic E-state index is 0.00739. The zero-order valence-corrected chi connectivity index (χ0v) is 17.5. The summed E-state index contributed by atoms with van der Waals surface area (Å²) in [6.07, 6.45) is 5.65. The second-order valence-electron chi connectivity index (χ2n) is 7.29. The summed E-state index contributed by atoms with van der Waals surface area (Å²) in [5.41, 5.74) is 1.52. The topological polar surface area (TPSA) is 108 Å². The van der Waals surface area contributed by atoms with Crippen LogP contribution in [0.4, 0.5) is 11.7 Å². The van der Waals surface area contributed by atoms with Gasteiger partial charge in [0.05, 0.1) is 6.61 Å². The third-order valence-corrected chi connectivity index (χ3v) is 5.31. The first kappa shape index (κ1) is 20.6. The highest BCUT2D eigenvalue weighted by Crippen LogP contribution is 2.40. The lowest BCUT2D eigenvalue weighted by Crippen LogP contribution is -2.33. The number of esters is 1. The van der Waals surface area contributed by atoms with Gasteiger partial charge in [-0.05, 0) is 31.6 Å². The first-order chi connectivity index (χ1) is 15.0. The number of aliphatic imine (C=N–C) groups is 1. The fraction of sp³-hybridized carbons (Fsp3) is 0.364. The van der Waals surface area contributed by atoms with Crippen molar-refractivity contribution in [1.29, 1.82) is 0 Å². The van der Waals surface area contributed by atoms with E-state index in [2.05, 4.69) is 9.98 Å². The number of rotatable bonds is 4. The monoisotopic (exact) mass is 424 g/mol. The van der Waals surface area contributed by atoms with Crippen molar-refractivity contribution < 1.29 is 23.8 Å². The number of amides is 1. The van der Waals surface area contributed by atoms with Gasteiger partial charge in [-0.2, -0.15) is 0 Å². The van der Waals surface area contributed by atoms with E-state index >= 15 is 0 Å². The predicted molar refractivity (Wildman–Crippen MR) is 116 cm³/mol. The summed E-state index contributed by atoms with van der Waals surface area (Å²) >= 11 is 0. The molecule has 162 valence electrons. The van der Waals surface area contributed by atoms with Crippen molar-refractivity contribution in [1.82, 2.24) is 9.88 Å². The summed E-state index contributed by atoms with van der Waals surface area (Å²) in [4.78, 5) is 36.5. The zero-order chi connectivity index (χ0) is 22.0. The largest absolute Gasteiger partial charge is 0.504 e. The SMILES string of the molecule is CCOC(=O)c1c(N2CCCN(C(C)=O)CC2)oc(C=C2C=Nc3ncccc32)c1O. The standard InChI is InChI=1S/C22H24N4O5/c1-3-30-22(29)18-19(28)17(12-15-13-24-20-16(15)6-4-7-23-20)31-21(18)26-9-5-8-25(10-11-26)14(2)27/h4,6-7,12-13,28H,3,5,8-11H2,1-2H3. The smallest absolute Gasteiger partial charge is 0.347 e. The molecule has 9 heteroatoms. The van der Waals surface area contributed by atoms with Crippen molar-refractivity contribution in [2.75, 3.05) is 37.7 Å². The molecule has 2 aliphatic heterocycles. The molecule has 0 bridgehead atoms. The zero-order valence-electron chi connectivity index (χ0n) is 17.5. The van der Waals surface area contributed by atoms with Gasteiger partial charge in [0.1, 0.15) is 0 Å². The molecule has 0 aliphatic carbocycles. The molecule has 1 saturated heterocycles. The molecule has 0 unspecified atom stereocenters. The Morgan fingerprint density at radius 2 is 2.13 bits per heavy atom. The molecule has 2 aromatic heterocycles. The van der Waals surface area contributed by atoms with Crippen LogP contribution in [0.2, 0.25) is 0 Å². The molecule has 9 nitrogen and oxygen atoms in total. The fourth-order valence-electron chi connectivity index (χ4n) is 3.75. The molecule has 1 amide bonds. The van der Waals surface area contributed by atoms with E-state index in [0.29, 0.717) is 44.0 Å². The molecule has 1 fully saturated rings. The van der Waals surface area contributed by atoms with Crippen LogP contribution < -0.4 is 4.90 Å². The summed E-state index contributed by atoms with van der Waals surface area (Å²) in [5.74, 6) is 0.0477.